The number of rotatable bonds is 0. The molecule has 0 amide bonds. The topological polar surface area (TPSA) is 0 Å². The van der Waals surface area contributed by atoms with Gasteiger partial charge >= 0.3 is 0 Å². The molecular formula is C12H18. The highest BCUT2D eigenvalue weighted by Crippen LogP contribution is 2.94. The van der Waals surface area contributed by atoms with Gasteiger partial charge in [-0.3, -0.25) is 0 Å². The summed E-state index contributed by atoms with van der Waals surface area (Å²) in [6.07, 6.45) is 9.53. The molecule has 0 aromatic carbocycles. The van der Waals surface area contributed by atoms with Crippen LogP contribution in [0, 0.1) is 28.6 Å². The largest absolute Gasteiger partial charge is 0.0614 e. The molecule has 0 bridgehead atoms. The minimum Gasteiger partial charge on any atom is -0.0614 e. The van der Waals surface area contributed by atoms with E-state index in [4.69, 9.17) is 0 Å². The van der Waals surface area contributed by atoms with Gasteiger partial charge in [-0.1, -0.05) is 19.8 Å². The fourth-order valence-electron chi connectivity index (χ4n) is 6.25. The Labute approximate surface area is 74.7 Å². The molecule has 4 unspecified atom stereocenters. The zero-order valence-electron chi connectivity index (χ0n) is 7.97. The minimum atomic E-state index is 0.939. The third-order valence-corrected chi connectivity index (χ3v) is 6.35. The SMILES string of the molecule is CC1C23CCCC2C2CCCC213. The lowest BCUT2D eigenvalue weighted by molar-refractivity contribution is 0.0302. The lowest BCUT2D eigenvalue weighted by Crippen LogP contribution is -2.39. The molecule has 0 radical (unpaired) electrons. The summed E-state index contributed by atoms with van der Waals surface area (Å²) in [7, 11) is 0. The second-order valence-electron chi connectivity index (χ2n) is 5.80. The Kier molecular flexibility index (Phi) is 0.811. The molecule has 4 rings (SSSR count). The van der Waals surface area contributed by atoms with Gasteiger partial charge in [-0.2, -0.15) is 0 Å². The van der Waals surface area contributed by atoms with Gasteiger partial charge in [-0.05, 0) is 54.3 Å². The number of hydrogen-bond donors (Lipinski definition) is 0. The highest BCUT2D eigenvalue weighted by Gasteiger charge is 2.89. The Hall–Kier alpha value is 0. The van der Waals surface area contributed by atoms with Crippen molar-refractivity contribution in [1.82, 2.24) is 0 Å². The van der Waals surface area contributed by atoms with Crippen molar-refractivity contribution >= 4 is 0 Å². The van der Waals surface area contributed by atoms with Crippen LogP contribution in [-0.4, -0.2) is 0 Å². The third-order valence-electron chi connectivity index (χ3n) is 6.35. The predicted octanol–water partition coefficient (Wildman–Crippen LogP) is 3.22. The highest BCUT2D eigenvalue weighted by atomic mass is 14.9. The molecule has 4 aliphatic rings. The van der Waals surface area contributed by atoms with Crippen LogP contribution in [0.3, 0.4) is 0 Å². The van der Waals surface area contributed by atoms with Gasteiger partial charge in [0, 0.05) is 0 Å². The second-order valence-corrected chi connectivity index (χ2v) is 5.80. The average molecular weight is 162 g/mol. The molecule has 0 heteroatoms. The van der Waals surface area contributed by atoms with Crippen LogP contribution in [-0.2, 0) is 0 Å². The first-order valence-electron chi connectivity index (χ1n) is 5.84. The van der Waals surface area contributed by atoms with Gasteiger partial charge in [-0.15, -0.1) is 0 Å². The van der Waals surface area contributed by atoms with Crippen molar-refractivity contribution in [3.63, 3.8) is 0 Å². The molecule has 66 valence electrons. The van der Waals surface area contributed by atoms with E-state index >= 15 is 0 Å². The summed E-state index contributed by atoms with van der Waals surface area (Å²) in [6.45, 7) is 2.56. The lowest BCUT2D eigenvalue weighted by atomic mass is 9.60. The van der Waals surface area contributed by atoms with Gasteiger partial charge in [-0.25, -0.2) is 0 Å². The summed E-state index contributed by atoms with van der Waals surface area (Å²) in [4.78, 5) is 0. The Bertz CT molecular complexity index is 231. The van der Waals surface area contributed by atoms with Crippen molar-refractivity contribution in [2.75, 3.05) is 0 Å². The van der Waals surface area contributed by atoms with E-state index in [1.165, 1.54) is 11.8 Å². The molecule has 12 heavy (non-hydrogen) atoms. The standard InChI is InChI=1S/C12H18/c1-8-11-6-2-4-9(11)10-5-3-7-12(8,10)11/h8-10H,2-7H2,1H3. The normalized spacial score (nSPS) is 71.2. The van der Waals surface area contributed by atoms with Crippen LogP contribution in [0.1, 0.15) is 45.4 Å². The maximum absolute atomic E-state index is 2.56. The summed E-state index contributed by atoms with van der Waals surface area (Å²) in [6, 6.07) is 0. The molecular weight excluding hydrogens is 144 g/mol. The zero-order chi connectivity index (χ0) is 7.97. The molecule has 0 aromatic rings. The maximum Gasteiger partial charge on any atom is -0.0173 e. The van der Waals surface area contributed by atoms with Crippen molar-refractivity contribution in [3.05, 3.63) is 0 Å². The quantitative estimate of drug-likeness (QED) is 0.513. The van der Waals surface area contributed by atoms with Gasteiger partial charge in [0.25, 0.3) is 0 Å². The summed E-state index contributed by atoms with van der Waals surface area (Å²) in [5.74, 6) is 3.54. The van der Waals surface area contributed by atoms with Crippen molar-refractivity contribution in [2.24, 2.45) is 28.6 Å². The van der Waals surface area contributed by atoms with E-state index in [9.17, 15) is 0 Å². The maximum atomic E-state index is 2.56. The third kappa shape index (κ3) is 0.337. The van der Waals surface area contributed by atoms with E-state index in [0.29, 0.717) is 0 Å². The van der Waals surface area contributed by atoms with Crippen LogP contribution in [0.4, 0.5) is 0 Å². The fourth-order valence-corrected chi connectivity index (χ4v) is 6.25. The first-order chi connectivity index (χ1) is 5.84. The predicted molar refractivity (Wildman–Crippen MR) is 48.7 cm³/mol. The van der Waals surface area contributed by atoms with Crippen LogP contribution in [0.25, 0.3) is 0 Å². The van der Waals surface area contributed by atoms with E-state index in [2.05, 4.69) is 6.92 Å². The van der Waals surface area contributed by atoms with Gasteiger partial charge in [0.05, 0.1) is 0 Å². The van der Waals surface area contributed by atoms with E-state index in [-0.39, 0.29) is 0 Å². The molecule has 4 atom stereocenters. The first kappa shape index (κ1) is 6.45. The molecule has 0 N–H and O–H groups in total. The molecule has 0 saturated heterocycles. The van der Waals surface area contributed by atoms with Crippen LogP contribution in [0.5, 0.6) is 0 Å². The van der Waals surface area contributed by atoms with Gasteiger partial charge in [0.2, 0.25) is 0 Å². The molecule has 2 spiro atoms. The average Bonchev–Trinajstić information content (AvgIpc) is 2.44. The number of fused-ring (bicyclic) bond motifs is 1. The van der Waals surface area contributed by atoms with E-state index in [1.54, 1.807) is 38.5 Å². The van der Waals surface area contributed by atoms with Crippen LogP contribution in [0.2, 0.25) is 0 Å². The summed E-state index contributed by atoms with van der Waals surface area (Å²) in [5.41, 5.74) is 1.88. The van der Waals surface area contributed by atoms with Gasteiger partial charge in [0.1, 0.15) is 0 Å². The van der Waals surface area contributed by atoms with E-state index in [0.717, 1.165) is 16.7 Å². The molecule has 4 aliphatic carbocycles. The highest BCUT2D eigenvalue weighted by molar-refractivity contribution is 5.36. The molecule has 4 fully saturated rings. The molecule has 0 aliphatic heterocycles. The Morgan fingerprint density at radius 1 is 0.917 bits per heavy atom. The van der Waals surface area contributed by atoms with Crippen molar-refractivity contribution in [2.45, 2.75) is 45.4 Å². The fraction of sp³-hybridized carbons (Fsp3) is 1.00. The van der Waals surface area contributed by atoms with Crippen LogP contribution < -0.4 is 0 Å². The molecule has 0 heterocycles. The van der Waals surface area contributed by atoms with Gasteiger partial charge in [0.15, 0.2) is 0 Å². The molecule has 4 saturated carbocycles. The van der Waals surface area contributed by atoms with E-state index < -0.39 is 0 Å². The minimum absolute atomic E-state index is 0.939. The summed E-state index contributed by atoms with van der Waals surface area (Å²) >= 11 is 0. The Balaban J connectivity index is 1.86. The second kappa shape index (κ2) is 1.51. The molecule has 0 aromatic heterocycles. The molecule has 0 nitrogen and oxygen atoms in total. The Morgan fingerprint density at radius 2 is 1.42 bits per heavy atom. The lowest BCUT2D eigenvalue weighted by Gasteiger charge is -2.44. The van der Waals surface area contributed by atoms with Crippen molar-refractivity contribution < 1.29 is 0 Å². The van der Waals surface area contributed by atoms with E-state index in [1.807, 2.05) is 0 Å². The zero-order valence-corrected chi connectivity index (χ0v) is 7.97. The number of hydrogen-bond acceptors (Lipinski definition) is 0. The van der Waals surface area contributed by atoms with Crippen molar-refractivity contribution in [3.8, 4) is 0 Å². The van der Waals surface area contributed by atoms with Crippen molar-refractivity contribution in [1.29, 1.82) is 0 Å². The first-order valence-corrected chi connectivity index (χ1v) is 5.84. The monoisotopic (exact) mass is 162 g/mol. The summed E-state index contributed by atoms with van der Waals surface area (Å²) in [5, 5.41) is 0. The Morgan fingerprint density at radius 3 is 1.92 bits per heavy atom. The van der Waals surface area contributed by atoms with Crippen LogP contribution >= 0.6 is 0 Å². The van der Waals surface area contributed by atoms with Crippen LogP contribution in [0.15, 0.2) is 0 Å². The van der Waals surface area contributed by atoms with Gasteiger partial charge < -0.3 is 0 Å². The summed E-state index contributed by atoms with van der Waals surface area (Å²) < 4.78 is 0. The smallest absolute Gasteiger partial charge is 0.0173 e.